The van der Waals surface area contributed by atoms with E-state index >= 15 is 0 Å². The Morgan fingerprint density at radius 3 is 3.10 bits per heavy atom. The summed E-state index contributed by atoms with van der Waals surface area (Å²) in [5.41, 5.74) is 2.32. The number of thiazole rings is 1. The summed E-state index contributed by atoms with van der Waals surface area (Å²) in [6.07, 6.45) is 2.39. The van der Waals surface area contributed by atoms with Crippen LogP contribution in [-0.2, 0) is 0 Å². The molecule has 4 nitrogen and oxygen atoms in total. The van der Waals surface area contributed by atoms with Crippen molar-refractivity contribution in [3.05, 3.63) is 46.5 Å². The highest BCUT2D eigenvalue weighted by atomic mass is 32.1. The topological polar surface area (TPSA) is 62.2 Å². The average Bonchev–Trinajstić information content (AvgIpc) is 3.26. The standard InChI is InChI=1S/C16H14N2O2S/c19-8-2-4-11-3-1-5-13(9-11)15(20)18-16-17-14(10-21-16)12-6-7-12/h1,3,5,9-10,12,19H,6-8H2,(H,17,18,20). The van der Waals surface area contributed by atoms with Crippen LogP contribution < -0.4 is 5.32 Å². The monoisotopic (exact) mass is 298 g/mol. The second-order valence-corrected chi connectivity index (χ2v) is 5.70. The quantitative estimate of drug-likeness (QED) is 0.856. The predicted octanol–water partition coefficient (Wildman–Crippen LogP) is 2.62. The number of anilines is 1. The van der Waals surface area contributed by atoms with E-state index in [1.165, 1.54) is 24.2 Å². The molecule has 1 saturated carbocycles. The van der Waals surface area contributed by atoms with Crippen molar-refractivity contribution >= 4 is 22.4 Å². The fourth-order valence-electron chi connectivity index (χ4n) is 1.96. The van der Waals surface area contributed by atoms with Gasteiger partial charge in [0.05, 0.1) is 5.69 Å². The van der Waals surface area contributed by atoms with Crippen LogP contribution in [0, 0.1) is 11.8 Å². The number of benzene rings is 1. The van der Waals surface area contributed by atoms with Crippen LogP contribution in [-0.4, -0.2) is 22.6 Å². The minimum Gasteiger partial charge on any atom is -0.384 e. The Kier molecular flexibility index (Phi) is 4.00. The number of hydrogen-bond donors (Lipinski definition) is 2. The van der Waals surface area contributed by atoms with E-state index in [2.05, 4.69) is 22.1 Å². The van der Waals surface area contributed by atoms with Gasteiger partial charge in [-0.25, -0.2) is 4.98 Å². The van der Waals surface area contributed by atoms with Gasteiger partial charge in [-0.1, -0.05) is 17.9 Å². The van der Waals surface area contributed by atoms with Gasteiger partial charge in [0, 0.05) is 22.4 Å². The zero-order chi connectivity index (χ0) is 14.7. The van der Waals surface area contributed by atoms with Crippen molar-refractivity contribution in [2.45, 2.75) is 18.8 Å². The van der Waals surface area contributed by atoms with Crippen LogP contribution in [0.4, 0.5) is 5.13 Å². The molecule has 1 aliphatic carbocycles. The number of nitrogens with one attached hydrogen (secondary N) is 1. The van der Waals surface area contributed by atoms with E-state index in [-0.39, 0.29) is 12.5 Å². The van der Waals surface area contributed by atoms with E-state index in [1.54, 1.807) is 24.3 Å². The Morgan fingerprint density at radius 1 is 1.48 bits per heavy atom. The molecule has 1 aromatic carbocycles. The highest BCUT2D eigenvalue weighted by Crippen LogP contribution is 2.40. The van der Waals surface area contributed by atoms with Gasteiger partial charge in [-0.15, -0.1) is 11.3 Å². The smallest absolute Gasteiger partial charge is 0.257 e. The molecule has 21 heavy (non-hydrogen) atoms. The molecule has 0 saturated heterocycles. The Balaban J connectivity index is 1.71. The fraction of sp³-hybridized carbons (Fsp3) is 0.250. The van der Waals surface area contributed by atoms with E-state index in [0.29, 0.717) is 22.2 Å². The fourth-order valence-corrected chi connectivity index (χ4v) is 2.75. The lowest BCUT2D eigenvalue weighted by molar-refractivity contribution is 0.102. The van der Waals surface area contributed by atoms with Crippen molar-refractivity contribution in [3.63, 3.8) is 0 Å². The van der Waals surface area contributed by atoms with E-state index in [1.807, 2.05) is 5.38 Å². The lowest BCUT2D eigenvalue weighted by atomic mass is 10.1. The summed E-state index contributed by atoms with van der Waals surface area (Å²) < 4.78 is 0. The summed E-state index contributed by atoms with van der Waals surface area (Å²) in [6, 6.07) is 7.00. The second kappa shape index (κ2) is 6.08. The van der Waals surface area contributed by atoms with E-state index < -0.39 is 0 Å². The summed E-state index contributed by atoms with van der Waals surface area (Å²) >= 11 is 1.45. The second-order valence-electron chi connectivity index (χ2n) is 4.85. The molecule has 0 atom stereocenters. The minimum absolute atomic E-state index is 0.195. The molecule has 0 aliphatic heterocycles. The number of rotatable bonds is 3. The molecule has 2 N–H and O–H groups in total. The third-order valence-electron chi connectivity index (χ3n) is 3.17. The molecular weight excluding hydrogens is 284 g/mol. The van der Waals surface area contributed by atoms with Gasteiger partial charge in [0.25, 0.3) is 5.91 Å². The molecule has 2 aromatic rings. The van der Waals surface area contributed by atoms with Crippen LogP contribution in [0.1, 0.15) is 40.4 Å². The van der Waals surface area contributed by atoms with E-state index in [0.717, 1.165) is 5.69 Å². The number of aliphatic hydroxyl groups excluding tert-OH is 1. The number of aromatic nitrogens is 1. The number of nitrogens with zero attached hydrogens (tertiary/aromatic N) is 1. The summed E-state index contributed by atoms with van der Waals surface area (Å²) in [4.78, 5) is 16.6. The Labute approximate surface area is 126 Å². The molecule has 0 unspecified atom stereocenters. The normalized spacial score (nSPS) is 13.4. The highest BCUT2D eigenvalue weighted by molar-refractivity contribution is 7.14. The molecule has 0 spiro atoms. The van der Waals surface area contributed by atoms with Crippen LogP contribution in [0.15, 0.2) is 29.6 Å². The third kappa shape index (κ3) is 3.48. The van der Waals surface area contributed by atoms with Gasteiger partial charge in [0.15, 0.2) is 5.13 Å². The summed E-state index contributed by atoms with van der Waals surface area (Å²) in [6.45, 7) is -0.195. The number of hydrogen-bond acceptors (Lipinski definition) is 4. The molecule has 0 radical (unpaired) electrons. The summed E-state index contributed by atoms with van der Waals surface area (Å²) in [5.74, 6) is 5.75. The first-order chi connectivity index (χ1) is 10.3. The van der Waals surface area contributed by atoms with Gasteiger partial charge in [0.2, 0.25) is 0 Å². The summed E-state index contributed by atoms with van der Waals surface area (Å²) in [7, 11) is 0. The molecule has 1 aliphatic rings. The first-order valence-corrected chi connectivity index (χ1v) is 7.61. The molecule has 1 fully saturated rings. The first-order valence-electron chi connectivity index (χ1n) is 6.73. The van der Waals surface area contributed by atoms with Crippen LogP contribution >= 0.6 is 11.3 Å². The lowest BCUT2D eigenvalue weighted by Gasteiger charge is -2.02. The lowest BCUT2D eigenvalue weighted by Crippen LogP contribution is -2.11. The number of amides is 1. The van der Waals surface area contributed by atoms with Gasteiger partial charge < -0.3 is 5.11 Å². The number of carbonyl (C=O) groups is 1. The van der Waals surface area contributed by atoms with Gasteiger partial charge in [-0.3, -0.25) is 10.1 Å². The molecule has 106 valence electrons. The first kappa shape index (κ1) is 13.8. The molecular formula is C16H14N2O2S. The number of aliphatic hydroxyl groups is 1. The third-order valence-corrected chi connectivity index (χ3v) is 3.95. The zero-order valence-corrected chi connectivity index (χ0v) is 12.1. The largest absolute Gasteiger partial charge is 0.384 e. The minimum atomic E-state index is -0.195. The predicted molar refractivity (Wildman–Crippen MR) is 82.4 cm³/mol. The number of carbonyl (C=O) groups excluding carboxylic acids is 1. The van der Waals surface area contributed by atoms with Gasteiger partial charge in [-0.2, -0.15) is 0 Å². The van der Waals surface area contributed by atoms with Gasteiger partial charge in [0.1, 0.15) is 6.61 Å². The van der Waals surface area contributed by atoms with Crippen LogP contribution in [0.5, 0.6) is 0 Å². The maximum absolute atomic E-state index is 12.2. The van der Waals surface area contributed by atoms with Crippen molar-refractivity contribution in [1.82, 2.24) is 4.98 Å². The molecule has 5 heteroatoms. The van der Waals surface area contributed by atoms with E-state index in [4.69, 9.17) is 5.11 Å². The zero-order valence-electron chi connectivity index (χ0n) is 11.3. The van der Waals surface area contributed by atoms with Crippen molar-refractivity contribution in [3.8, 4) is 11.8 Å². The van der Waals surface area contributed by atoms with Crippen molar-refractivity contribution in [2.24, 2.45) is 0 Å². The molecule has 3 rings (SSSR count). The van der Waals surface area contributed by atoms with Crippen LogP contribution in [0.2, 0.25) is 0 Å². The maximum Gasteiger partial charge on any atom is 0.257 e. The molecule has 1 aromatic heterocycles. The van der Waals surface area contributed by atoms with Crippen LogP contribution in [0.3, 0.4) is 0 Å². The summed E-state index contributed by atoms with van der Waals surface area (Å²) in [5, 5.41) is 14.2. The maximum atomic E-state index is 12.2. The Bertz CT molecular complexity index is 723. The molecule has 0 bridgehead atoms. The Hall–Kier alpha value is -2.16. The van der Waals surface area contributed by atoms with Gasteiger partial charge in [-0.05, 0) is 31.0 Å². The van der Waals surface area contributed by atoms with Gasteiger partial charge >= 0.3 is 0 Å². The highest BCUT2D eigenvalue weighted by Gasteiger charge is 2.26. The SMILES string of the molecule is O=C(Nc1nc(C2CC2)cs1)c1cccc(C#CCO)c1. The van der Waals surface area contributed by atoms with Crippen LogP contribution in [0.25, 0.3) is 0 Å². The molecule has 1 amide bonds. The van der Waals surface area contributed by atoms with E-state index in [9.17, 15) is 4.79 Å². The Morgan fingerprint density at radius 2 is 2.33 bits per heavy atom. The van der Waals surface area contributed by atoms with Crippen molar-refractivity contribution in [2.75, 3.05) is 11.9 Å². The van der Waals surface area contributed by atoms with Crippen molar-refractivity contribution in [1.29, 1.82) is 0 Å². The average molecular weight is 298 g/mol. The van der Waals surface area contributed by atoms with Crippen molar-refractivity contribution < 1.29 is 9.90 Å². The molecule has 1 heterocycles.